The van der Waals surface area contributed by atoms with Crippen molar-refractivity contribution in [1.29, 1.82) is 0 Å². The minimum atomic E-state index is 0.365. The number of halogens is 1. The number of benzene rings is 1. The molecule has 0 heterocycles. The molecule has 1 aromatic carbocycles. The number of thioether (sulfide) groups is 1. The van der Waals surface area contributed by atoms with E-state index in [1.165, 1.54) is 18.4 Å². The highest BCUT2D eigenvalue weighted by molar-refractivity contribution is 9.10. The summed E-state index contributed by atoms with van der Waals surface area (Å²) < 4.78 is 6.62. The smallest absolute Gasteiger partial charge is 0.133 e. The first kappa shape index (κ1) is 16.9. The van der Waals surface area contributed by atoms with Gasteiger partial charge in [0.1, 0.15) is 5.75 Å². The van der Waals surface area contributed by atoms with E-state index in [-0.39, 0.29) is 0 Å². The third-order valence-corrected chi connectivity index (χ3v) is 5.92. The summed E-state index contributed by atoms with van der Waals surface area (Å²) in [5.41, 5.74) is 1.27. The predicted octanol–water partition coefficient (Wildman–Crippen LogP) is 4.47. The molecule has 108 valence electrons. The number of methoxy groups -OCH3 is 1. The number of ether oxygens (including phenoxy) is 1. The Morgan fingerprint density at radius 2 is 2.00 bits per heavy atom. The van der Waals surface area contributed by atoms with Crippen LogP contribution in [0, 0.1) is 0 Å². The summed E-state index contributed by atoms with van der Waals surface area (Å²) in [7, 11) is 1.69. The molecule has 4 heteroatoms. The van der Waals surface area contributed by atoms with E-state index in [2.05, 4.69) is 53.5 Å². The Hall–Kier alpha value is -0.190. The van der Waals surface area contributed by atoms with Crippen LogP contribution in [-0.4, -0.2) is 24.7 Å². The Balaban J connectivity index is 2.55. The van der Waals surface area contributed by atoms with Gasteiger partial charge in [-0.15, -0.1) is 0 Å². The summed E-state index contributed by atoms with van der Waals surface area (Å²) in [5.74, 6) is 0.879. The zero-order chi connectivity index (χ0) is 14.3. The summed E-state index contributed by atoms with van der Waals surface area (Å²) in [6, 6.07) is 6.22. The van der Waals surface area contributed by atoms with Crippen LogP contribution in [0.4, 0.5) is 0 Å². The van der Waals surface area contributed by atoms with E-state index in [0.717, 1.165) is 23.3 Å². The van der Waals surface area contributed by atoms with Gasteiger partial charge in [-0.1, -0.05) is 19.9 Å². The van der Waals surface area contributed by atoms with Crippen molar-refractivity contribution >= 4 is 27.7 Å². The average molecular weight is 346 g/mol. The molecule has 2 nitrogen and oxygen atoms in total. The lowest BCUT2D eigenvalue weighted by Crippen LogP contribution is -2.36. The Morgan fingerprint density at radius 1 is 1.32 bits per heavy atom. The summed E-state index contributed by atoms with van der Waals surface area (Å²) in [6.45, 7) is 6.48. The van der Waals surface area contributed by atoms with E-state index in [1.54, 1.807) is 7.11 Å². The highest BCUT2D eigenvalue weighted by atomic mass is 79.9. The van der Waals surface area contributed by atoms with Gasteiger partial charge in [-0.05, 0) is 52.7 Å². The second kappa shape index (κ2) is 8.18. The summed E-state index contributed by atoms with van der Waals surface area (Å²) in [5, 5.41) is 3.58. The fourth-order valence-corrected chi connectivity index (χ4v) is 3.53. The third-order valence-electron chi connectivity index (χ3n) is 3.71. The van der Waals surface area contributed by atoms with Crippen molar-refractivity contribution in [1.82, 2.24) is 5.32 Å². The van der Waals surface area contributed by atoms with Crippen LogP contribution < -0.4 is 10.1 Å². The SMILES string of the molecule is CCC(CC)(CNCc1ccc(OC)c(Br)c1)SC. The lowest BCUT2D eigenvalue weighted by atomic mass is 10.0. The second-order valence-corrected chi connectivity index (χ2v) is 6.80. The molecule has 0 aliphatic heterocycles. The molecule has 0 atom stereocenters. The van der Waals surface area contributed by atoms with Crippen LogP contribution >= 0.6 is 27.7 Å². The Kier molecular flexibility index (Phi) is 7.26. The molecule has 19 heavy (non-hydrogen) atoms. The lowest BCUT2D eigenvalue weighted by molar-refractivity contribution is 0.412. The van der Waals surface area contributed by atoms with Crippen molar-refractivity contribution in [2.24, 2.45) is 0 Å². The van der Waals surface area contributed by atoms with Gasteiger partial charge >= 0.3 is 0 Å². The zero-order valence-corrected chi connectivity index (χ0v) is 14.7. The summed E-state index contributed by atoms with van der Waals surface area (Å²) in [6.07, 6.45) is 4.60. The van der Waals surface area contributed by atoms with Crippen LogP contribution in [0.3, 0.4) is 0 Å². The molecule has 0 saturated carbocycles. The Morgan fingerprint density at radius 3 is 2.47 bits per heavy atom. The highest BCUT2D eigenvalue weighted by Crippen LogP contribution is 2.30. The maximum Gasteiger partial charge on any atom is 0.133 e. The van der Waals surface area contributed by atoms with Crippen molar-refractivity contribution in [3.05, 3.63) is 28.2 Å². The fourth-order valence-electron chi connectivity index (χ4n) is 2.12. The van der Waals surface area contributed by atoms with Gasteiger partial charge in [0.15, 0.2) is 0 Å². The monoisotopic (exact) mass is 345 g/mol. The van der Waals surface area contributed by atoms with Crippen LogP contribution in [-0.2, 0) is 6.54 Å². The molecule has 0 radical (unpaired) electrons. The summed E-state index contributed by atoms with van der Waals surface area (Å²) in [4.78, 5) is 0. The number of hydrogen-bond acceptors (Lipinski definition) is 3. The van der Waals surface area contributed by atoms with Crippen molar-refractivity contribution in [2.45, 2.75) is 38.0 Å². The molecule has 0 saturated heterocycles. The second-order valence-electron chi connectivity index (χ2n) is 4.67. The van der Waals surface area contributed by atoms with Gasteiger partial charge in [-0.3, -0.25) is 0 Å². The highest BCUT2D eigenvalue weighted by Gasteiger charge is 2.23. The normalized spacial score (nSPS) is 11.6. The molecule has 0 bridgehead atoms. The number of nitrogens with one attached hydrogen (secondary N) is 1. The van der Waals surface area contributed by atoms with E-state index in [4.69, 9.17) is 4.74 Å². The van der Waals surface area contributed by atoms with Crippen LogP contribution in [0.1, 0.15) is 32.3 Å². The first-order valence-electron chi connectivity index (χ1n) is 6.69. The quantitative estimate of drug-likeness (QED) is 0.750. The molecule has 0 fully saturated rings. The maximum atomic E-state index is 5.24. The molecule has 0 amide bonds. The minimum Gasteiger partial charge on any atom is -0.496 e. The van der Waals surface area contributed by atoms with Gasteiger partial charge in [0.25, 0.3) is 0 Å². The van der Waals surface area contributed by atoms with E-state index in [1.807, 2.05) is 17.8 Å². The standard InChI is InChI=1S/C15H24BrNOS/c1-5-15(6-2,19-4)11-17-10-12-7-8-14(18-3)13(16)9-12/h7-9,17H,5-6,10-11H2,1-4H3. The van der Waals surface area contributed by atoms with Crippen molar-refractivity contribution in [3.63, 3.8) is 0 Å². The zero-order valence-electron chi connectivity index (χ0n) is 12.3. The van der Waals surface area contributed by atoms with Crippen molar-refractivity contribution < 1.29 is 4.74 Å². The average Bonchev–Trinajstić information content (AvgIpc) is 2.44. The molecule has 0 aromatic heterocycles. The topological polar surface area (TPSA) is 21.3 Å². The van der Waals surface area contributed by atoms with Crippen molar-refractivity contribution in [2.75, 3.05) is 19.9 Å². The fraction of sp³-hybridized carbons (Fsp3) is 0.600. The number of hydrogen-bond donors (Lipinski definition) is 1. The maximum absolute atomic E-state index is 5.24. The molecule has 0 spiro atoms. The predicted molar refractivity (Wildman–Crippen MR) is 89.2 cm³/mol. The third kappa shape index (κ3) is 4.69. The van der Waals surface area contributed by atoms with Gasteiger partial charge in [-0.25, -0.2) is 0 Å². The van der Waals surface area contributed by atoms with Gasteiger partial charge in [-0.2, -0.15) is 11.8 Å². The number of rotatable bonds is 8. The van der Waals surface area contributed by atoms with E-state index in [9.17, 15) is 0 Å². The molecular formula is C15H24BrNOS. The van der Waals surface area contributed by atoms with E-state index < -0.39 is 0 Å². The van der Waals surface area contributed by atoms with Crippen LogP contribution in [0.2, 0.25) is 0 Å². The van der Waals surface area contributed by atoms with Crippen LogP contribution in [0.25, 0.3) is 0 Å². The molecule has 0 unspecified atom stereocenters. The van der Waals surface area contributed by atoms with Gasteiger partial charge in [0.05, 0.1) is 11.6 Å². The lowest BCUT2D eigenvalue weighted by Gasteiger charge is -2.30. The molecule has 0 aliphatic rings. The molecular weight excluding hydrogens is 322 g/mol. The molecule has 1 aromatic rings. The Labute approximate surface area is 129 Å². The molecule has 0 aliphatic carbocycles. The first-order chi connectivity index (χ1) is 9.10. The Bertz CT molecular complexity index is 385. The van der Waals surface area contributed by atoms with Gasteiger partial charge in [0, 0.05) is 17.8 Å². The summed E-state index contributed by atoms with van der Waals surface area (Å²) >= 11 is 5.49. The van der Waals surface area contributed by atoms with Crippen molar-refractivity contribution in [3.8, 4) is 5.75 Å². The molecule has 1 rings (SSSR count). The van der Waals surface area contributed by atoms with Crippen LogP contribution in [0.15, 0.2) is 22.7 Å². The van der Waals surface area contributed by atoms with E-state index >= 15 is 0 Å². The van der Waals surface area contributed by atoms with Crippen LogP contribution in [0.5, 0.6) is 5.75 Å². The minimum absolute atomic E-state index is 0.365. The van der Waals surface area contributed by atoms with Gasteiger partial charge in [0.2, 0.25) is 0 Å². The van der Waals surface area contributed by atoms with E-state index in [0.29, 0.717) is 4.75 Å². The first-order valence-corrected chi connectivity index (χ1v) is 8.71. The largest absolute Gasteiger partial charge is 0.496 e. The van der Waals surface area contributed by atoms with Gasteiger partial charge < -0.3 is 10.1 Å². The molecule has 1 N–H and O–H groups in total.